The van der Waals surface area contributed by atoms with E-state index in [2.05, 4.69) is 22.4 Å². The molecule has 10 nitrogen and oxygen atoms in total. The lowest BCUT2D eigenvalue weighted by Crippen LogP contribution is -2.21. The van der Waals surface area contributed by atoms with Crippen LogP contribution in [0.3, 0.4) is 0 Å². The van der Waals surface area contributed by atoms with Crippen LogP contribution in [0.1, 0.15) is 43.9 Å². The first kappa shape index (κ1) is 27.2. The van der Waals surface area contributed by atoms with Crippen LogP contribution in [0.15, 0.2) is 29.4 Å². The molecular weight excluding hydrogens is 502 g/mol. The highest BCUT2D eigenvalue weighted by Gasteiger charge is 2.27. The summed E-state index contributed by atoms with van der Waals surface area (Å²) in [7, 11) is 6.30. The number of anilines is 1. The molecule has 0 spiro atoms. The second-order valence-electron chi connectivity index (χ2n) is 8.03. The van der Waals surface area contributed by atoms with E-state index in [9.17, 15) is 14.4 Å². The van der Waals surface area contributed by atoms with Gasteiger partial charge in [0.15, 0.2) is 11.0 Å². The molecule has 2 aromatic heterocycles. The first-order valence-electron chi connectivity index (χ1n) is 11.1. The fourth-order valence-corrected chi connectivity index (χ4v) is 5.18. The largest absolute Gasteiger partial charge is 0.486 e. The number of carbonyl (C=O) groups is 3. The first-order chi connectivity index (χ1) is 17.2. The van der Waals surface area contributed by atoms with E-state index in [-0.39, 0.29) is 34.7 Å². The number of nitrogens with one attached hydrogen (secondary N) is 1. The summed E-state index contributed by atoms with van der Waals surface area (Å²) in [5.41, 5.74) is 1.88. The van der Waals surface area contributed by atoms with E-state index in [4.69, 9.17) is 9.47 Å². The van der Waals surface area contributed by atoms with Crippen LogP contribution in [-0.4, -0.2) is 64.4 Å². The lowest BCUT2D eigenvalue weighted by molar-refractivity contribution is -0.113. The Balaban J connectivity index is 1.64. The molecule has 36 heavy (non-hydrogen) atoms. The molecule has 0 saturated heterocycles. The van der Waals surface area contributed by atoms with Gasteiger partial charge in [-0.15, -0.1) is 21.5 Å². The number of thiophene rings is 1. The van der Waals surface area contributed by atoms with E-state index >= 15 is 0 Å². The number of hydrogen-bond acceptors (Lipinski definition) is 9. The Kier molecular flexibility index (Phi) is 9.10. The second-order valence-corrected chi connectivity index (χ2v) is 10.00. The molecule has 0 aliphatic heterocycles. The van der Waals surface area contributed by atoms with Crippen LogP contribution >= 0.6 is 23.1 Å². The second kappa shape index (κ2) is 12.0. The van der Waals surface area contributed by atoms with Gasteiger partial charge in [-0.3, -0.25) is 9.59 Å². The maximum absolute atomic E-state index is 12.7. The summed E-state index contributed by atoms with van der Waals surface area (Å²) in [6.45, 7) is 3.99. The van der Waals surface area contributed by atoms with E-state index in [1.165, 1.54) is 29.3 Å². The van der Waals surface area contributed by atoms with Crippen LogP contribution in [0.25, 0.3) is 0 Å². The standard InChI is InChI=1S/C24H29N5O5S2/c1-7-15-8-10-16(11-9-15)34-12-17-26-27-24(29(17)5)35-13-18(30)25-21-19(23(32)33-6)14(2)20(36-21)22(31)28(3)4/h8-11H,7,12-13H2,1-6H3,(H,25,30). The van der Waals surface area contributed by atoms with E-state index in [0.717, 1.165) is 23.5 Å². The summed E-state index contributed by atoms with van der Waals surface area (Å²) in [6.07, 6.45) is 0.961. The predicted molar refractivity (Wildman–Crippen MR) is 139 cm³/mol. The van der Waals surface area contributed by atoms with Gasteiger partial charge in [0.05, 0.1) is 23.3 Å². The van der Waals surface area contributed by atoms with Gasteiger partial charge < -0.3 is 24.3 Å². The molecule has 3 rings (SSSR count). The van der Waals surface area contributed by atoms with E-state index < -0.39 is 5.97 Å². The molecule has 0 unspecified atom stereocenters. The Hall–Kier alpha value is -3.38. The Morgan fingerprint density at radius 1 is 1.17 bits per heavy atom. The minimum atomic E-state index is -0.619. The Morgan fingerprint density at radius 2 is 1.86 bits per heavy atom. The lowest BCUT2D eigenvalue weighted by Gasteiger charge is -2.08. The summed E-state index contributed by atoms with van der Waals surface area (Å²) in [4.78, 5) is 39.3. The Morgan fingerprint density at radius 3 is 2.47 bits per heavy atom. The monoisotopic (exact) mass is 531 g/mol. The van der Waals surface area contributed by atoms with Crippen molar-refractivity contribution >= 4 is 45.9 Å². The van der Waals surface area contributed by atoms with Crippen molar-refractivity contribution in [2.24, 2.45) is 7.05 Å². The van der Waals surface area contributed by atoms with Gasteiger partial charge >= 0.3 is 5.97 Å². The van der Waals surface area contributed by atoms with Gasteiger partial charge in [-0.1, -0.05) is 30.8 Å². The fraction of sp³-hybridized carbons (Fsp3) is 0.375. The topological polar surface area (TPSA) is 116 Å². The number of benzene rings is 1. The quantitative estimate of drug-likeness (QED) is 0.312. The average molecular weight is 532 g/mol. The average Bonchev–Trinajstić information content (AvgIpc) is 3.39. The molecule has 1 N–H and O–H groups in total. The molecular formula is C24H29N5O5S2. The van der Waals surface area contributed by atoms with E-state index in [1.54, 1.807) is 32.6 Å². The molecule has 0 aliphatic carbocycles. The molecule has 2 amide bonds. The summed E-state index contributed by atoms with van der Waals surface area (Å²) in [5.74, 6) is 0.154. The summed E-state index contributed by atoms with van der Waals surface area (Å²) in [5, 5.41) is 11.9. The fourth-order valence-electron chi connectivity index (χ4n) is 3.21. The highest BCUT2D eigenvalue weighted by molar-refractivity contribution is 7.99. The zero-order valence-corrected chi connectivity index (χ0v) is 22.7. The lowest BCUT2D eigenvalue weighted by atomic mass is 10.1. The maximum atomic E-state index is 12.7. The van der Waals surface area contributed by atoms with Crippen LogP contribution in [0.2, 0.25) is 0 Å². The molecule has 0 radical (unpaired) electrons. The predicted octanol–water partition coefficient (Wildman–Crippen LogP) is 3.55. The van der Waals surface area contributed by atoms with Gasteiger partial charge in [0.1, 0.15) is 17.4 Å². The van der Waals surface area contributed by atoms with Crippen molar-refractivity contribution in [3.05, 3.63) is 51.7 Å². The Bertz CT molecular complexity index is 1250. The van der Waals surface area contributed by atoms with Gasteiger partial charge in [0.2, 0.25) is 5.91 Å². The van der Waals surface area contributed by atoms with Crippen molar-refractivity contribution in [1.82, 2.24) is 19.7 Å². The number of aromatic nitrogens is 3. The number of aryl methyl sites for hydroxylation is 1. The van der Waals surface area contributed by atoms with E-state index in [0.29, 0.717) is 21.4 Å². The number of rotatable bonds is 10. The van der Waals surface area contributed by atoms with Gasteiger partial charge in [-0.05, 0) is 36.6 Å². The highest BCUT2D eigenvalue weighted by atomic mass is 32.2. The third kappa shape index (κ3) is 6.24. The first-order valence-corrected chi connectivity index (χ1v) is 12.9. The van der Waals surface area contributed by atoms with Crippen molar-refractivity contribution in [2.75, 3.05) is 32.3 Å². The normalized spacial score (nSPS) is 10.7. The molecule has 2 heterocycles. The number of nitrogens with zero attached hydrogens (tertiary/aromatic N) is 4. The smallest absolute Gasteiger partial charge is 0.341 e. The number of hydrogen-bond donors (Lipinski definition) is 1. The maximum Gasteiger partial charge on any atom is 0.341 e. The molecule has 0 aliphatic rings. The number of esters is 1. The zero-order valence-electron chi connectivity index (χ0n) is 21.1. The van der Waals surface area contributed by atoms with Crippen molar-refractivity contribution in [1.29, 1.82) is 0 Å². The highest BCUT2D eigenvalue weighted by Crippen LogP contribution is 2.34. The van der Waals surface area contributed by atoms with Crippen LogP contribution in [0.5, 0.6) is 5.75 Å². The van der Waals surface area contributed by atoms with Gasteiger partial charge in [0, 0.05) is 21.1 Å². The minimum absolute atomic E-state index is 0.0276. The zero-order chi connectivity index (χ0) is 26.4. The summed E-state index contributed by atoms with van der Waals surface area (Å²) < 4.78 is 12.4. The van der Waals surface area contributed by atoms with Crippen LogP contribution < -0.4 is 10.1 Å². The molecule has 12 heteroatoms. The number of thioether (sulfide) groups is 1. The van der Waals surface area contributed by atoms with Gasteiger partial charge in [-0.2, -0.15) is 0 Å². The van der Waals surface area contributed by atoms with Crippen molar-refractivity contribution in [3.63, 3.8) is 0 Å². The number of carbonyl (C=O) groups excluding carboxylic acids is 3. The van der Waals surface area contributed by atoms with Crippen LogP contribution in [-0.2, 0) is 29.6 Å². The third-order valence-electron chi connectivity index (χ3n) is 5.35. The van der Waals surface area contributed by atoms with E-state index in [1.807, 2.05) is 24.3 Å². The molecule has 0 bridgehead atoms. The molecule has 1 aromatic carbocycles. The molecule has 0 saturated carbocycles. The van der Waals surface area contributed by atoms with Gasteiger partial charge in [0.25, 0.3) is 5.91 Å². The van der Waals surface area contributed by atoms with Crippen molar-refractivity contribution in [2.45, 2.75) is 32.0 Å². The van der Waals surface area contributed by atoms with Crippen LogP contribution in [0, 0.1) is 6.92 Å². The molecule has 192 valence electrons. The number of amides is 2. The SMILES string of the molecule is CCc1ccc(OCc2nnc(SCC(=O)Nc3sc(C(=O)N(C)C)c(C)c3C(=O)OC)n2C)cc1. The summed E-state index contributed by atoms with van der Waals surface area (Å²) >= 11 is 2.25. The summed E-state index contributed by atoms with van der Waals surface area (Å²) in [6, 6.07) is 7.88. The van der Waals surface area contributed by atoms with Crippen molar-refractivity contribution < 1.29 is 23.9 Å². The molecule has 0 fully saturated rings. The molecule has 3 aromatic rings. The third-order valence-corrected chi connectivity index (χ3v) is 7.56. The Labute approximate surface area is 218 Å². The number of methoxy groups -OCH3 is 1. The molecule has 0 atom stereocenters. The van der Waals surface area contributed by atoms with Crippen LogP contribution in [0.4, 0.5) is 5.00 Å². The number of ether oxygens (including phenoxy) is 2. The minimum Gasteiger partial charge on any atom is -0.486 e. The van der Waals surface area contributed by atoms with Gasteiger partial charge in [-0.25, -0.2) is 4.79 Å². The van der Waals surface area contributed by atoms with Crippen molar-refractivity contribution in [3.8, 4) is 5.75 Å².